The summed E-state index contributed by atoms with van der Waals surface area (Å²) in [5.74, 6) is 0.213. The van der Waals surface area contributed by atoms with Crippen molar-refractivity contribution in [3.05, 3.63) is 119 Å². The molecular weight excluding hydrogens is 356 g/mol. The zero-order valence-corrected chi connectivity index (χ0v) is 16.3. The van der Waals surface area contributed by atoms with Gasteiger partial charge in [-0.2, -0.15) is 0 Å². The molecule has 0 unspecified atom stereocenters. The van der Waals surface area contributed by atoms with E-state index in [2.05, 4.69) is 42.1 Å². The van der Waals surface area contributed by atoms with Gasteiger partial charge in [-0.1, -0.05) is 91.0 Å². The lowest BCUT2D eigenvalue weighted by Gasteiger charge is -2.55. The lowest BCUT2D eigenvalue weighted by atomic mass is 9.55. The van der Waals surface area contributed by atoms with E-state index in [9.17, 15) is 5.11 Å². The molecule has 0 radical (unpaired) electrons. The summed E-state index contributed by atoms with van der Waals surface area (Å²) in [5.41, 5.74) is 7.95. The predicted molar refractivity (Wildman–Crippen MR) is 115 cm³/mol. The van der Waals surface area contributed by atoms with Gasteiger partial charge in [-0.3, -0.25) is 0 Å². The summed E-state index contributed by atoms with van der Waals surface area (Å²) in [5, 5.41) is 11.9. The summed E-state index contributed by atoms with van der Waals surface area (Å²) in [6.07, 6.45) is 0.942. The van der Waals surface area contributed by atoms with Crippen LogP contribution in [0, 0.1) is 5.92 Å². The molecule has 2 aliphatic rings. The molecule has 3 aromatic rings. The van der Waals surface area contributed by atoms with Gasteiger partial charge in [0.2, 0.25) is 0 Å². The summed E-state index contributed by atoms with van der Waals surface area (Å²) in [7, 11) is 0. The highest BCUT2D eigenvalue weighted by molar-refractivity contribution is 5.79. The van der Waals surface area contributed by atoms with Gasteiger partial charge < -0.3 is 9.84 Å². The van der Waals surface area contributed by atoms with Crippen LogP contribution in [0.15, 0.2) is 102 Å². The molecule has 0 spiro atoms. The van der Waals surface area contributed by atoms with Crippen LogP contribution in [-0.2, 0) is 4.74 Å². The van der Waals surface area contributed by atoms with E-state index < -0.39 is 5.60 Å². The Hall–Kier alpha value is -2.90. The average molecular weight is 380 g/mol. The summed E-state index contributed by atoms with van der Waals surface area (Å²) in [6.45, 7) is 1.02. The summed E-state index contributed by atoms with van der Waals surface area (Å²) in [4.78, 5) is 0. The van der Waals surface area contributed by atoms with Gasteiger partial charge in [0.1, 0.15) is 5.60 Å². The molecular formula is C27H24O2. The minimum atomic E-state index is -0.894. The van der Waals surface area contributed by atoms with Gasteiger partial charge in [-0.05, 0) is 23.1 Å². The molecule has 1 heterocycles. The van der Waals surface area contributed by atoms with Crippen LogP contribution >= 0.6 is 0 Å². The summed E-state index contributed by atoms with van der Waals surface area (Å²) in [6, 6.07) is 30.9. The minimum Gasteiger partial charge on any atom is -0.384 e. The fourth-order valence-corrected chi connectivity index (χ4v) is 4.72. The van der Waals surface area contributed by atoms with E-state index in [1.165, 1.54) is 5.56 Å². The predicted octanol–water partition coefficient (Wildman–Crippen LogP) is 5.21. The van der Waals surface area contributed by atoms with Gasteiger partial charge >= 0.3 is 0 Å². The molecule has 0 amide bonds. The first kappa shape index (κ1) is 18.1. The molecule has 0 aromatic heterocycles. The van der Waals surface area contributed by atoms with E-state index >= 15 is 0 Å². The number of rotatable bonds is 3. The van der Waals surface area contributed by atoms with Crippen LogP contribution in [0.25, 0.3) is 5.57 Å². The smallest absolute Gasteiger partial charge is 0.107 e. The van der Waals surface area contributed by atoms with Gasteiger partial charge in [-0.15, -0.1) is 5.73 Å². The highest BCUT2D eigenvalue weighted by atomic mass is 16.5. The topological polar surface area (TPSA) is 29.5 Å². The van der Waals surface area contributed by atoms with Crippen molar-refractivity contribution in [1.29, 1.82) is 0 Å². The third kappa shape index (κ3) is 3.16. The maximum Gasteiger partial charge on any atom is 0.107 e. The van der Waals surface area contributed by atoms with Crippen molar-refractivity contribution in [2.45, 2.75) is 17.9 Å². The minimum absolute atomic E-state index is 0.0906. The lowest BCUT2D eigenvalue weighted by molar-refractivity contribution is -0.146. The molecule has 1 aliphatic carbocycles. The Morgan fingerprint density at radius 1 is 0.828 bits per heavy atom. The van der Waals surface area contributed by atoms with Gasteiger partial charge in [0.15, 0.2) is 0 Å². The molecule has 2 nitrogen and oxygen atoms in total. The van der Waals surface area contributed by atoms with Gasteiger partial charge in [0.25, 0.3) is 0 Å². The maximum atomic E-state index is 11.9. The van der Waals surface area contributed by atoms with Gasteiger partial charge in [-0.25, -0.2) is 0 Å². The molecule has 2 heteroatoms. The van der Waals surface area contributed by atoms with E-state index in [0.29, 0.717) is 13.2 Å². The Morgan fingerprint density at radius 2 is 1.38 bits per heavy atom. The van der Waals surface area contributed by atoms with Crippen molar-refractivity contribution >= 4 is 5.57 Å². The Bertz CT molecular complexity index is 1010. The van der Waals surface area contributed by atoms with Gasteiger partial charge in [0.05, 0.1) is 13.2 Å². The third-order valence-electron chi connectivity index (χ3n) is 6.33. The van der Waals surface area contributed by atoms with Crippen molar-refractivity contribution in [1.82, 2.24) is 0 Å². The van der Waals surface area contributed by atoms with Crippen LogP contribution < -0.4 is 0 Å². The van der Waals surface area contributed by atoms with E-state index in [4.69, 9.17) is 4.74 Å². The second-order valence-corrected chi connectivity index (χ2v) is 7.95. The molecule has 1 aliphatic heterocycles. The molecule has 29 heavy (non-hydrogen) atoms. The van der Waals surface area contributed by atoms with E-state index in [-0.39, 0.29) is 11.8 Å². The Labute approximate surface area is 171 Å². The van der Waals surface area contributed by atoms with Crippen LogP contribution in [0.4, 0.5) is 0 Å². The molecule has 1 saturated carbocycles. The number of fused-ring (bicyclic) bond motifs is 1. The summed E-state index contributed by atoms with van der Waals surface area (Å²) < 4.78 is 5.87. The first-order valence-corrected chi connectivity index (χ1v) is 10.2. The van der Waals surface area contributed by atoms with Crippen molar-refractivity contribution in [3.8, 4) is 0 Å². The van der Waals surface area contributed by atoms with Crippen molar-refractivity contribution in [2.75, 3.05) is 13.2 Å². The second-order valence-electron chi connectivity index (χ2n) is 7.95. The molecule has 0 bridgehead atoms. The highest BCUT2D eigenvalue weighted by Crippen LogP contribution is 2.56. The number of aliphatic hydroxyl groups is 1. The zero-order chi connectivity index (χ0) is 19.7. The first-order valence-electron chi connectivity index (χ1n) is 10.2. The van der Waals surface area contributed by atoms with E-state index in [1.54, 1.807) is 0 Å². The fraction of sp³-hybridized carbons (Fsp3) is 0.222. The van der Waals surface area contributed by atoms with Crippen LogP contribution in [0.1, 0.15) is 29.0 Å². The molecule has 1 N–H and O–H groups in total. The molecule has 2 fully saturated rings. The highest BCUT2D eigenvalue weighted by Gasteiger charge is 2.58. The number of hydrogen-bond acceptors (Lipinski definition) is 2. The van der Waals surface area contributed by atoms with Crippen molar-refractivity contribution < 1.29 is 9.84 Å². The van der Waals surface area contributed by atoms with E-state index in [0.717, 1.165) is 28.7 Å². The number of hydrogen-bond donors (Lipinski definition) is 1. The number of benzene rings is 3. The lowest BCUT2D eigenvalue weighted by Crippen LogP contribution is -2.60. The fourth-order valence-electron chi connectivity index (χ4n) is 4.72. The number of ether oxygens (including phenoxy) is 1. The monoisotopic (exact) mass is 380 g/mol. The van der Waals surface area contributed by atoms with Crippen LogP contribution in [0.5, 0.6) is 0 Å². The molecule has 1 saturated heterocycles. The maximum absolute atomic E-state index is 11.9. The molecule has 3 atom stereocenters. The van der Waals surface area contributed by atoms with Crippen LogP contribution in [0.3, 0.4) is 0 Å². The van der Waals surface area contributed by atoms with Crippen molar-refractivity contribution in [3.63, 3.8) is 0 Å². The second kappa shape index (κ2) is 7.50. The Balaban J connectivity index is 1.68. The molecule has 144 valence electrons. The van der Waals surface area contributed by atoms with Gasteiger partial charge in [0, 0.05) is 23.0 Å². The third-order valence-corrected chi connectivity index (χ3v) is 6.33. The van der Waals surface area contributed by atoms with Crippen LogP contribution in [-0.4, -0.2) is 23.9 Å². The van der Waals surface area contributed by atoms with Crippen LogP contribution in [0.2, 0.25) is 0 Å². The zero-order valence-electron chi connectivity index (χ0n) is 16.3. The van der Waals surface area contributed by atoms with Crippen molar-refractivity contribution in [2.24, 2.45) is 5.92 Å². The standard InChI is InChI=1S/C27H24O2/c28-27-23(18-29-19-24(27)17-26(27)22-14-8-3-9-15-22)16-25(20-10-4-1-5-11-20)21-12-6-2-7-13-21/h1-15,24,26,28H,17-19H2/t24-,26+,27-/m0/s1. The first-order chi connectivity index (χ1) is 14.3. The normalized spacial score (nSPS) is 25.5. The molecule has 5 rings (SSSR count). The largest absolute Gasteiger partial charge is 0.384 e. The molecule has 3 aromatic carbocycles. The average Bonchev–Trinajstić information content (AvgIpc) is 2.78. The summed E-state index contributed by atoms with van der Waals surface area (Å²) >= 11 is 0. The Kier molecular flexibility index (Phi) is 4.69. The Morgan fingerprint density at radius 3 is 1.97 bits per heavy atom. The quantitative estimate of drug-likeness (QED) is 0.632. The SMILES string of the molecule is O[C@@]12C(=C=C(c3ccccc3)c3ccccc3)COC[C@@H]1C[C@@H]2c1ccccc1. The van der Waals surface area contributed by atoms with E-state index in [1.807, 2.05) is 54.6 Å².